The van der Waals surface area contributed by atoms with Gasteiger partial charge in [-0.05, 0) is 50.8 Å². The summed E-state index contributed by atoms with van der Waals surface area (Å²) < 4.78 is 12.8. The average Bonchev–Trinajstić information content (AvgIpc) is 2.67. The normalized spacial score (nSPS) is 23.8. The summed E-state index contributed by atoms with van der Waals surface area (Å²) in [7, 11) is 0. The van der Waals surface area contributed by atoms with Crippen LogP contribution in [0, 0.1) is 6.92 Å². The van der Waals surface area contributed by atoms with Crippen LogP contribution >= 0.6 is 0 Å². The fourth-order valence-electron chi connectivity index (χ4n) is 4.29. The lowest BCUT2D eigenvalue weighted by Gasteiger charge is -2.48. The van der Waals surface area contributed by atoms with Crippen molar-refractivity contribution in [1.29, 1.82) is 0 Å². The number of aromatic nitrogens is 1. The first-order valence-electron chi connectivity index (χ1n) is 10.1. The van der Waals surface area contributed by atoms with Crippen molar-refractivity contribution in [3.63, 3.8) is 0 Å². The molecule has 28 heavy (non-hydrogen) atoms. The topological polar surface area (TPSA) is 51.7 Å². The van der Waals surface area contributed by atoms with E-state index in [1.54, 1.807) is 6.20 Å². The van der Waals surface area contributed by atoms with Gasteiger partial charge >= 0.3 is 0 Å². The van der Waals surface area contributed by atoms with Gasteiger partial charge in [0.1, 0.15) is 17.5 Å². The number of hydrogen-bond acceptors (Lipinski definition) is 4. The number of aryl methyl sites for hydroxylation is 1. The molecular weight excluding hydrogens is 352 g/mol. The number of benzene rings is 1. The molecule has 0 radical (unpaired) electrons. The van der Waals surface area contributed by atoms with Crippen molar-refractivity contribution in [2.45, 2.75) is 64.4 Å². The van der Waals surface area contributed by atoms with Gasteiger partial charge in [0.15, 0.2) is 0 Å². The SMILES string of the molecule is Cc1ccccc1CO[C@H]1[C@H](N2CCCCC2=O)c2cnccc2OC1(C)C. The van der Waals surface area contributed by atoms with E-state index < -0.39 is 5.60 Å². The monoisotopic (exact) mass is 380 g/mol. The third-order valence-corrected chi connectivity index (χ3v) is 5.85. The second kappa shape index (κ2) is 7.55. The Bertz CT molecular complexity index is 864. The van der Waals surface area contributed by atoms with Crippen molar-refractivity contribution in [3.05, 3.63) is 59.4 Å². The Morgan fingerprint density at radius 1 is 1.25 bits per heavy atom. The molecule has 0 N–H and O–H groups in total. The van der Waals surface area contributed by atoms with Crippen LogP contribution in [-0.4, -0.2) is 34.0 Å². The maximum atomic E-state index is 12.8. The van der Waals surface area contributed by atoms with Crippen molar-refractivity contribution in [3.8, 4) is 5.75 Å². The number of nitrogens with zero attached hydrogens (tertiary/aromatic N) is 2. The molecular formula is C23H28N2O3. The maximum Gasteiger partial charge on any atom is 0.223 e. The highest BCUT2D eigenvalue weighted by Gasteiger charge is 2.48. The molecule has 1 aromatic heterocycles. The van der Waals surface area contributed by atoms with E-state index in [2.05, 4.69) is 24.0 Å². The number of hydrogen-bond donors (Lipinski definition) is 0. The molecule has 0 unspecified atom stereocenters. The predicted octanol–water partition coefficient (Wildman–Crippen LogP) is 4.20. The number of rotatable bonds is 4. The molecule has 4 rings (SSSR count). The fraction of sp³-hybridized carbons (Fsp3) is 0.478. The molecule has 2 aliphatic heterocycles. The number of amides is 1. The van der Waals surface area contributed by atoms with Gasteiger partial charge in [-0.3, -0.25) is 9.78 Å². The van der Waals surface area contributed by atoms with Crippen molar-refractivity contribution in [1.82, 2.24) is 9.88 Å². The van der Waals surface area contributed by atoms with Gasteiger partial charge < -0.3 is 14.4 Å². The van der Waals surface area contributed by atoms with Crippen LogP contribution in [0.2, 0.25) is 0 Å². The molecule has 0 aliphatic carbocycles. The Balaban J connectivity index is 1.70. The zero-order valence-corrected chi connectivity index (χ0v) is 16.9. The third-order valence-electron chi connectivity index (χ3n) is 5.85. The Kier molecular flexibility index (Phi) is 5.11. The van der Waals surface area contributed by atoms with Gasteiger partial charge in [0.2, 0.25) is 5.91 Å². The third kappa shape index (κ3) is 3.51. The Morgan fingerprint density at radius 2 is 2.07 bits per heavy atom. The first-order valence-corrected chi connectivity index (χ1v) is 10.1. The van der Waals surface area contributed by atoms with Gasteiger partial charge in [0.05, 0.1) is 12.6 Å². The number of carbonyl (C=O) groups is 1. The Morgan fingerprint density at radius 3 is 2.86 bits per heavy atom. The van der Waals surface area contributed by atoms with E-state index in [1.807, 2.05) is 43.1 Å². The van der Waals surface area contributed by atoms with Crippen LogP contribution in [-0.2, 0) is 16.1 Å². The van der Waals surface area contributed by atoms with Crippen molar-refractivity contribution in [2.24, 2.45) is 0 Å². The largest absolute Gasteiger partial charge is 0.485 e. The summed E-state index contributed by atoms with van der Waals surface area (Å²) in [5.74, 6) is 0.979. The molecule has 2 aliphatic rings. The molecule has 0 spiro atoms. The number of ether oxygens (including phenoxy) is 2. The van der Waals surface area contributed by atoms with Crippen LogP contribution in [0.4, 0.5) is 0 Å². The van der Waals surface area contributed by atoms with Gasteiger partial charge in [-0.15, -0.1) is 0 Å². The van der Waals surface area contributed by atoms with E-state index in [0.29, 0.717) is 13.0 Å². The Hall–Kier alpha value is -2.40. The van der Waals surface area contributed by atoms with E-state index in [0.717, 1.165) is 36.3 Å². The van der Waals surface area contributed by atoms with Gasteiger partial charge in [-0.1, -0.05) is 24.3 Å². The lowest BCUT2D eigenvalue weighted by Crippen LogP contribution is -2.56. The quantitative estimate of drug-likeness (QED) is 0.798. The highest BCUT2D eigenvalue weighted by molar-refractivity contribution is 5.77. The minimum atomic E-state index is -0.570. The van der Waals surface area contributed by atoms with Crippen LogP contribution < -0.4 is 4.74 Å². The van der Waals surface area contributed by atoms with Gasteiger partial charge in [0, 0.05) is 30.9 Å². The van der Waals surface area contributed by atoms with Crippen LogP contribution in [0.25, 0.3) is 0 Å². The minimum Gasteiger partial charge on any atom is -0.485 e. The highest BCUT2D eigenvalue weighted by Crippen LogP contribution is 2.45. The number of carbonyl (C=O) groups excluding carboxylic acids is 1. The summed E-state index contributed by atoms with van der Waals surface area (Å²) in [6, 6.07) is 9.93. The van der Waals surface area contributed by atoms with Crippen molar-refractivity contribution in [2.75, 3.05) is 6.54 Å². The molecule has 1 aromatic carbocycles. The summed E-state index contributed by atoms with van der Waals surface area (Å²) in [6.07, 6.45) is 5.84. The second-order valence-electron chi connectivity index (χ2n) is 8.27. The van der Waals surface area contributed by atoms with Crippen LogP contribution in [0.3, 0.4) is 0 Å². The number of pyridine rings is 1. The van der Waals surface area contributed by atoms with E-state index in [-0.39, 0.29) is 18.1 Å². The first-order chi connectivity index (χ1) is 13.5. The summed E-state index contributed by atoms with van der Waals surface area (Å²) in [4.78, 5) is 19.1. The molecule has 1 fully saturated rings. The molecule has 5 nitrogen and oxygen atoms in total. The molecule has 0 saturated carbocycles. The number of likely N-dealkylation sites (tertiary alicyclic amines) is 1. The molecule has 5 heteroatoms. The van der Waals surface area contributed by atoms with Crippen LogP contribution in [0.1, 0.15) is 55.8 Å². The number of fused-ring (bicyclic) bond motifs is 1. The van der Waals surface area contributed by atoms with Gasteiger partial charge in [-0.2, -0.15) is 0 Å². The zero-order chi connectivity index (χ0) is 19.7. The Labute approximate surface area is 166 Å². The molecule has 1 saturated heterocycles. The lowest BCUT2D eigenvalue weighted by molar-refractivity contribution is -0.158. The summed E-state index contributed by atoms with van der Waals surface area (Å²) in [6.45, 7) is 7.41. The molecule has 2 aromatic rings. The molecule has 148 valence electrons. The van der Waals surface area contributed by atoms with Gasteiger partial charge in [-0.25, -0.2) is 0 Å². The summed E-state index contributed by atoms with van der Waals surface area (Å²) >= 11 is 0. The molecule has 3 heterocycles. The predicted molar refractivity (Wildman–Crippen MR) is 107 cm³/mol. The standard InChI is InChI=1S/C23H28N2O3/c1-16-8-4-5-9-17(16)15-27-22-21(25-13-7-6-10-20(25)26)18-14-24-12-11-19(18)28-23(22,2)3/h4-5,8-9,11-12,14,21-22H,6-7,10,13,15H2,1-3H3/t21-,22+/m1/s1. The minimum absolute atomic E-state index is 0.188. The molecule has 2 atom stereocenters. The van der Waals surface area contributed by atoms with Crippen LogP contribution in [0.5, 0.6) is 5.75 Å². The van der Waals surface area contributed by atoms with Gasteiger partial charge in [0.25, 0.3) is 0 Å². The smallest absolute Gasteiger partial charge is 0.223 e. The van der Waals surface area contributed by atoms with Crippen molar-refractivity contribution >= 4 is 5.91 Å². The highest BCUT2D eigenvalue weighted by atomic mass is 16.6. The zero-order valence-electron chi connectivity index (χ0n) is 16.9. The number of piperidine rings is 1. The molecule has 1 amide bonds. The summed E-state index contributed by atoms with van der Waals surface area (Å²) in [5, 5.41) is 0. The van der Waals surface area contributed by atoms with Crippen LogP contribution in [0.15, 0.2) is 42.7 Å². The van der Waals surface area contributed by atoms with E-state index >= 15 is 0 Å². The second-order valence-corrected chi connectivity index (χ2v) is 8.27. The summed E-state index contributed by atoms with van der Waals surface area (Å²) in [5.41, 5.74) is 2.72. The van der Waals surface area contributed by atoms with Crippen molar-refractivity contribution < 1.29 is 14.3 Å². The fourth-order valence-corrected chi connectivity index (χ4v) is 4.29. The molecule has 0 bridgehead atoms. The van der Waals surface area contributed by atoms with E-state index in [4.69, 9.17) is 9.47 Å². The maximum absolute atomic E-state index is 12.8. The van der Waals surface area contributed by atoms with E-state index in [1.165, 1.54) is 5.56 Å². The van der Waals surface area contributed by atoms with E-state index in [9.17, 15) is 4.79 Å². The first kappa shape index (κ1) is 18.9. The lowest BCUT2D eigenvalue weighted by atomic mass is 9.85. The average molecular weight is 380 g/mol.